The third-order valence-electron chi connectivity index (χ3n) is 2.94. The molecular formula is C11H21F3N2. The molecule has 0 bridgehead atoms. The molecular weight excluding hydrogens is 217 g/mol. The van der Waals surface area contributed by atoms with E-state index in [4.69, 9.17) is 0 Å². The summed E-state index contributed by atoms with van der Waals surface area (Å²) in [5.74, 6) is 0. The third kappa shape index (κ3) is 6.33. The van der Waals surface area contributed by atoms with E-state index in [9.17, 15) is 13.2 Å². The summed E-state index contributed by atoms with van der Waals surface area (Å²) in [6.45, 7) is 2.85. The standard InChI is InChI=1S/C11H21F3N2/c1-16-8-4-5-10(9-16)15-7-3-2-6-11(12,13)14/h10,15H,2-9H2,1H3. The summed E-state index contributed by atoms with van der Waals surface area (Å²) in [5, 5.41) is 3.33. The molecule has 16 heavy (non-hydrogen) atoms. The Morgan fingerprint density at radius 3 is 2.69 bits per heavy atom. The van der Waals surface area contributed by atoms with Crippen LogP contribution in [-0.2, 0) is 0 Å². The Kier molecular flexibility index (Phi) is 5.55. The van der Waals surface area contributed by atoms with E-state index in [0.29, 0.717) is 19.0 Å². The molecule has 96 valence electrons. The SMILES string of the molecule is CN1CCCC(NCCCCC(F)(F)F)C1. The molecule has 1 aliphatic rings. The Labute approximate surface area is 95.2 Å². The van der Waals surface area contributed by atoms with Crippen LogP contribution in [0.4, 0.5) is 13.2 Å². The molecule has 0 amide bonds. The fraction of sp³-hybridized carbons (Fsp3) is 1.00. The fourth-order valence-electron chi connectivity index (χ4n) is 2.09. The molecule has 2 nitrogen and oxygen atoms in total. The quantitative estimate of drug-likeness (QED) is 0.740. The van der Waals surface area contributed by atoms with Gasteiger partial charge in [-0.05, 0) is 45.8 Å². The van der Waals surface area contributed by atoms with Crippen molar-refractivity contribution in [3.8, 4) is 0 Å². The van der Waals surface area contributed by atoms with Crippen LogP contribution in [0.25, 0.3) is 0 Å². The monoisotopic (exact) mass is 238 g/mol. The second-order valence-corrected chi connectivity index (χ2v) is 4.63. The zero-order valence-corrected chi connectivity index (χ0v) is 9.82. The highest BCUT2D eigenvalue weighted by Gasteiger charge is 2.25. The molecule has 1 atom stereocenters. The number of alkyl halides is 3. The Hall–Kier alpha value is -0.290. The molecule has 1 aliphatic heterocycles. The average molecular weight is 238 g/mol. The average Bonchev–Trinajstić information content (AvgIpc) is 2.15. The van der Waals surface area contributed by atoms with Crippen molar-refractivity contribution in [2.45, 2.75) is 44.3 Å². The molecule has 1 saturated heterocycles. The summed E-state index contributed by atoms with van der Waals surface area (Å²) in [6.07, 6.45) is -1.48. The number of likely N-dealkylation sites (tertiary alicyclic amines) is 1. The molecule has 0 aliphatic carbocycles. The van der Waals surface area contributed by atoms with Crippen molar-refractivity contribution in [3.63, 3.8) is 0 Å². The van der Waals surface area contributed by atoms with Gasteiger partial charge in [0.15, 0.2) is 0 Å². The van der Waals surface area contributed by atoms with Crippen molar-refractivity contribution in [1.29, 1.82) is 0 Å². The number of unbranched alkanes of at least 4 members (excludes halogenated alkanes) is 1. The van der Waals surface area contributed by atoms with E-state index in [-0.39, 0.29) is 6.42 Å². The van der Waals surface area contributed by atoms with Crippen LogP contribution < -0.4 is 5.32 Å². The molecule has 0 spiro atoms. The summed E-state index contributed by atoms with van der Waals surface area (Å²) in [7, 11) is 2.08. The summed E-state index contributed by atoms with van der Waals surface area (Å²) < 4.78 is 35.6. The lowest BCUT2D eigenvalue weighted by atomic mass is 10.1. The molecule has 1 heterocycles. The van der Waals surface area contributed by atoms with Gasteiger partial charge in [-0.3, -0.25) is 0 Å². The van der Waals surface area contributed by atoms with E-state index in [1.807, 2.05) is 0 Å². The van der Waals surface area contributed by atoms with Crippen molar-refractivity contribution < 1.29 is 13.2 Å². The Morgan fingerprint density at radius 2 is 2.06 bits per heavy atom. The van der Waals surface area contributed by atoms with Crippen LogP contribution in [0.1, 0.15) is 32.1 Å². The van der Waals surface area contributed by atoms with Crippen molar-refractivity contribution in [2.75, 3.05) is 26.7 Å². The number of hydrogen-bond acceptors (Lipinski definition) is 2. The molecule has 0 aromatic carbocycles. The van der Waals surface area contributed by atoms with Crippen LogP contribution in [0.2, 0.25) is 0 Å². The molecule has 1 rings (SSSR count). The van der Waals surface area contributed by atoms with Gasteiger partial charge in [0, 0.05) is 19.0 Å². The van der Waals surface area contributed by atoms with E-state index < -0.39 is 12.6 Å². The van der Waals surface area contributed by atoms with Crippen LogP contribution in [0.15, 0.2) is 0 Å². The van der Waals surface area contributed by atoms with Gasteiger partial charge in [0.25, 0.3) is 0 Å². The van der Waals surface area contributed by atoms with Gasteiger partial charge in [-0.15, -0.1) is 0 Å². The number of halogens is 3. The van der Waals surface area contributed by atoms with E-state index in [2.05, 4.69) is 17.3 Å². The first kappa shape index (κ1) is 13.8. The lowest BCUT2D eigenvalue weighted by molar-refractivity contribution is -0.135. The first-order valence-electron chi connectivity index (χ1n) is 5.96. The van der Waals surface area contributed by atoms with Gasteiger partial charge < -0.3 is 10.2 Å². The van der Waals surface area contributed by atoms with E-state index >= 15 is 0 Å². The van der Waals surface area contributed by atoms with E-state index in [1.54, 1.807) is 0 Å². The largest absolute Gasteiger partial charge is 0.389 e. The van der Waals surface area contributed by atoms with Crippen LogP contribution in [-0.4, -0.2) is 43.8 Å². The van der Waals surface area contributed by atoms with Crippen LogP contribution in [0.3, 0.4) is 0 Å². The first-order valence-corrected chi connectivity index (χ1v) is 5.96. The minimum Gasteiger partial charge on any atom is -0.313 e. The first-order chi connectivity index (χ1) is 7.47. The highest BCUT2D eigenvalue weighted by atomic mass is 19.4. The van der Waals surface area contributed by atoms with Gasteiger partial charge in [0.05, 0.1) is 0 Å². The van der Waals surface area contributed by atoms with Crippen molar-refractivity contribution in [3.05, 3.63) is 0 Å². The highest BCUT2D eigenvalue weighted by Crippen LogP contribution is 2.21. The van der Waals surface area contributed by atoms with Gasteiger partial charge in [-0.25, -0.2) is 0 Å². The maximum Gasteiger partial charge on any atom is 0.389 e. The van der Waals surface area contributed by atoms with Gasteiger partial charge in [0.2, 0.25) is 0 Å². The van der Waals surface area contributed by atoms with Crippen molar-refractivity contribution in [2.24, 2.45) is 0 Å². The van der Waals surface area contributed by atoms with Gasteiger partial charge >= 0.3 is 6.18 Å². The van der Waals surface area contributed by atoms with Crippen LogP contribution in [0, 0.1) is 0 Å². The molecule has 0 saturated carbocycles. The zero-order chi connectivity index (χ0) is 12.0. The molecule has 0 aromatic rings. The normalized spacial score (nSPS) is 23.6. The third-order valence-corrected chi connectivity index (χ3v) is 2.94. The van der Waals surface area contributed by atoms with Crippen LogP contribution >= 0.6 is 0 Å². The molecule has 1 N–H and O–H groups in total. The van der Waals surface area contributed by atoms with E-state index in [1.165, 1.54) is 6.42 Å². The number of piperidine rings is 1. The van der Waals surface area contributed by atoms with Gasteiger partial charge in [-0.2, -0.15) is 13.2 Å². The highest BCUT2D eigenvalue weighted by molar-refractivity contribution is 4.75. The summed E-state index contributed by atoms with van der Waals surface area (Å²) >= 11 is 0. The lowest BCUT2D eigenvalue weighted by Gasteiger charge is -2.30. The predicted octanol–water partition coefficient (Wildman–Crippen LogP) is 2.40. The number of hydrogen-bond donors (Lipinski definition) is 1. The van der Waals surface area contributed by atoms with Crippen molar-refractivity contribution in [1.82, 2.24) is 10.2 Å². The van der Waals surface area contributed by atoms with E-state index in [0.717, 1.165) is 19.5 Å². The minimum atomic E-state index is -3.99. The molecule has 1 fully saturated rings. The zero-order valence-electron chi connectivity index (χ0n) is 9.82. The Morgan fingerprint density at radius 1 is 1.31 bits per heavy atom. The number of nitrogens with zero attached hydrogens (tertiary/aromatic N) is 1. The smallest absolute Gasteiger partial charge is 0.313 e. The molecule has 0 radical (unpaired) electrons. The van der Waals surface area contributed by atoms with Gasteiger partial charge in [0.1, 0.15) is 0 Å². The second-order valence-electron chi connectivity index (χ2n) is 4.63. The van der Waals surface area contributed by atoms with Crippen molar-refractivity contribution >= 4 is 0 Å². The van der Waals surface area contributed by atoms with Gasteiger partial charge in [-0.1, -0.05) is 0 Å². The maximum atomic E-state index is 11.9. The Balaban J connectivity index is 1.98. The maximum absolute atomic E-state index is 11.9. The molecule has 0 aromatic heterocycles. The number of nitrogens with one attached hydrogen (secondary N) is 1. The van der Waals surface area contributed by atoms with Crippen LogP contribution in [0.5, 0.6) is 0 Å². The minimum absolute atomic E-state index is 0.235. The number of rotatable bonds is 5. The topological polar surface area (TPSA) is 15.3 Å². The summed E-state index contributed by atoms with van der Waals surface area (Å²) in [6, 6.07) is 0.463. The fourth-order valence-corrected chi connectivity index (χ4v) is 2.09. The summed E-state index contributed by atoms with van der Waals surface area (Å²) in [4.78, 5) is 2.26. The molecule has 1 unspecified atom stereocenters. The molecule has 5 heteroatoms. The Bertz CT molecular complexity index is 194. The lowest BCUT2D eigenvalue weighted by Crippen LogP contribution is -2.44. The number of likely N-dealkylation sites (N-methyl/N-ethyl adjacent to an activating group) is 1. The summed E-state index contributed by atoms with van der Waals surface area (Å²) in [5.41, 5.74) is 0. The second kappa shape index (κ2) is 6.45. The predicted molar refractivity (Wildman–Crippen MR) is 58.4 cm³/mol.